The molecule has 0 saturated carbocycles. The number of anilines is 3. The van der Waals surface area contributed by atoms with Gasteiger partial charge in [-0.15, -0.1) is 0 Å². The summed E-state index contributed by atoms with van der Waals surface area (Å²) in [6.07, 6.45) is 0. The van der Waals surface area contributed by atoms with E-state index in [0.29, 0.717) is 0 Å². The van der Waals surface area contributed by atoms with E-state index in [-0.39, 0.29) is 35.2 Å². The minimum atomic E-state index is -0.967. The van der Waals surface area contributed by atoms with E-state index < -0.39 is 11.6 Å². The summed E-state index contributed by atoms with van der Waals surface area (Å²) in [4.78, 5) is 3.84. The number of hydrogen-bond acceptors (Lipinski definition) is 6. The third kappa shape index (κ3) is 2.69. The van der Waals surface area contributed by atoms with Crippen molar-refractivity contribution >= 4 is 17.3 Å². The van der Waals surface area contributed by atoms with Gasteiger partial charge in [0, 0.05) is 11.6 Å². The molecule has 0 fully saturated rings. The van der Waals surface area contributed by atoms with Gasteiger partial charge >= 0.3 is 0 Å². The van der Waals surface area contributed by atoms with Crippen LogP contribution in [-0.4, -0.2) is 4.98 Å². The van der Waals surface area contributed by atoms with Gasteiger partial charge in [-0.25, -0.2) is 19.6 Å². The number of nitrogens with two attached hydrogens (primary N) is 3. The number of hydrogen-bond donors (Lipinski definition) is 4. The lowest BCUT2D eigenvalue weighted by molar-refractivity contribution is 0.299. The predicted octanol–water partition coefficient (Wildman–Crippen LogP) is 1.39. The van der Waals surface area contributed by atoms with Crippen LogP contribution in [0.3, 0.4) is 0 Å². The van der Waals surface area contributed by atoms with Crippen molar-refractivity contribution in [2.24, 2.45) is 5.84 Å². The Bertz CT molecular complexity index is 635. The van der Waals surface area contributed by atoms with Crippen LogP contribution in [0.4, 0.5) is 26.1 Å². The first kappa shape index (κ1) is 13.8. The van der Waals surface area contributed by atoms with Gasteiger partial charge in [-0.2, -0.15) is 0 Å². The highest BCUT2D eigenvalue weighted by molar-refractivity contribution is 5.71. The molecule has 0 aliphatic heterocycles. The van der Waals surface area contributed by atoms with Crippen LogP contribution in [0.1, 0.15) is 5.56 Å². The van der Waals surface area contributed by atoms with Crippen LogP contribution in [-0.2, 0) is 6.61 Å². The number of ether oxygens (including phenoxy) is 1. The first-order chi connectivity index (χ1) is 9.52. The molecule has 0 bridgehead atoms. The Morgan fingerprint density at radius 3 is 2.70 bits per heavy atom. The molecule has 2 rings (SSSR count). The molecule has 0 aliphatic rings. The second-order valence-corrected chi connectivity index (χ2v) is 3.95. The predicted molar refractivity (Wildman–Crippen MR) is 71.6 cm³/mol. The number of benzene rings is 1. The van der Waals surface area contributed by atoms with Crippen LogP contribution in [0.2, 0.25) is 0 Å². The quantitative estimate of drug-likeness (QED) is 0.497. The van der Waals surface area contributed by atoms with Crippen LogP contribution < -0.4 is 27.5 Å². The summed E-state index contributed by atoms with van der Waals surface area (Å²) in [5.41, 5.74) is 13.7. The lowest BCUT2D eigenvalue weighted by Crippen LogP contribution is -2.13. The van der Waals surface area contributed by atoms with Gasteiger partial charge in [-0.05, 0) is 6.07 Å². The van der Waals surface area contributed by atoms with E-state index in [1.807, 2.05) is 0 Å². The molecule has 106 valence electrons. The Kier molecular flexibility index (Phi) is 3.85. The van der Waals surface area contributed by atoms with Gasteiger partial charge < -0.3 is 21.6 Å². The summed E-state index contributed by atoms with van der Waals surface area (Å²) in [5, 5.41) is 0. The lowest BCUT2D eigenvalue weighted by atomic mass is 10.2. The summed E-state index contributed by atoms with van der Waals surface area (Å²) in [6, 6.07) is 5.18. The van der Waals surface area contributed by atoms with Gasteiger partial charge in [0.1, 0.15) is 23.9 Å². The van der Waals surface area contributed by atoms with Crippen molar-refractivity contribution in [3.63, 3.8) is 0 Å². The third-order valence-electron chi connectivity index (χ3n) is 2.59. The maximum atomic E-state index is 13.5. The highest BCUT2D eigenvalue weighted by Gasteiger charge is 2.12. The second kappa shape index (κ2) is 5.57. The maximum Gasteiger partial charge on any atom is 0.169 e. The Labute approximate surface area is 113 Å². The van der Waals surface area contributed by atoms with Crippen molar-refractivity contribution in [2.75, 3.05) is 16.9 Å². The number of aromatic nitrogens is 1. The van der Waals surface area contributed by atoms with E-state index in [1.165, 1.54) is 18.2 Å². The van der Waals surface area contributed by atoms with Crippen molar-refractivity contribution in [3.8, 4) is 5.75 Å². The molecule has 1 aromatic carbocycles. The fourth-order valence-corrected chi connectivity index (χ4v) is 1.60. The topological polar surface area (TPSA) is 112 Å². The fourth-order valence-electron chi connectivity index (χ4n) is 1.60. The zero-order valence-corrected chi connectivity index (χ0v) is 10.4. The summed E-state index contributed by atoms with van der Waals surface area (Å²) in [7, 11) is 0. The summed E-state index contributed by atoms with van der Waals surface area (Å²) in [5.74, 6) is 3.75. The van der Waals surface area contributed by atoms with Gasteiger partial charge in [-0.1, -0.05) is 12.1 Å². The molecule has 0 spiro atoms. The SMILES string of the molecule is NNc1nc(N)cc(OCc2cccc(F)c2F)c1N. The Morgan fingerprint density at radius 1 is 1.25 bits per heavy atom. The van der Waals surface area contributed by atoms with E-state index in [4.69, 9.17) is 22.0 Å². The standard InChI is InChI=1S/C12H13F2N5O/c13-7-3-1-2-6(10(7)14)5-20-8-4-9(15)18-12(19-17)11(8)16/h1-4H,5,16-17H2,(H3,15,18,19). The molecule has 0 saturated heterocycles. The third-order valence-corrected chi connectivity index (χ3v) is 2.59. The molecular weight excluding hydrogens is 268 g/mol. The van der Waals surface area contributed by atoms with Gasteiger partial charge in [0.25, 0.3) is 0 Å². The Morgan fingerprint density at radius 2 is 2.00 bits per heavy atom. The summed E-state index contributed by atoms with van der Waals surface area (Å²) >= 11 is 0. The summed E-state index contributed by atoms with van der Waals surface area (Å²) in [6.45, 7) is -0.207. The highest BCUT2D eigenvalue weighted by atomic mass is 19.2. The second-order valence-electron chi connectivity index (χ2n) is 3.95. The van der Waals surface area contributed by atoms with Gasteiger partial charge in [-0.3, -0.25) is 0 Å². The molecule has 0 unspecified atom stereocenters. The minimum absolute atomic E-state index is 0.0574. The molecule has 0 radical (unpaired) electrons. The Hall–Kier alpha value is -2.61. The summed E-state index contributed by atoms with van der Waals surface area (Å²) < 4.78 is 31.9. The number of rotatable bonds is 4. The van der Waals surface area contributed by atoms with E-state index in [9.17, 15) is 8.78 Å². The number of hydrazine groups is 1. The van der Waals surface area contributed by atoms with Crippen molar-refractivity contribution in [2.45, 2.75) is 6.61 Å². The first-order valence-electron chi connectivity index (χ1n) is 5.61. The molecule has 0 amide bonds. The van der Waals surface area contributed by atoms with Crippen molar-refractivity contribution < 1.29 is 13.5 Å². The van der Waals surface area contributed by atoms with E-state index >= 15 is 0 Å². The molecule has 1 aromatic heterocycles. The minimum Gasteiger partial charge on any atom is -0.486 e. The van der Waals surface area contributed by atoms with E-state index in [0.717, 1.165) is 6.07 Å². The normalized spacial score (nSPS) is 10.3. The van der Waals surface area contributed by atoms with Crippen molar-refractivity contribution in [1.29, 1.82) is 0 Å². The molecule has 2 aromatic rings. The number of nitrogen functional groups attached to an aromatic ring is 3. The van der Waals surface area contributed by atoms with E-state index in [1.54, 1.807) is 0 Å². The lowest BCUT2D eigenvalue weighted by Gasteiger charge is -2.12. The van der Waals surface area contributed by atoms with Gasteiger partial charge in [0.15, 0.2) is 17.5 Å². The van der Waals surface area contributed by atoms with Crippen LogP contribution in [0.25, 0.3) is 0 Å². The average Bonchev–Trinajstić information content (AvgIpc) is 2.43. The molecule has 0 aliphatic carbocycles. The maximum absolute atomic E-state index is 13.5. The Balaban J connectivity index is 2.23. The molecule has 20 heavy (non-hydrogen) atoms. The average molecular weight is 281 g/mol. The molecule has 8 heteroatoms. The zero-order chi connectivity index (χ0) is 14.7. The van der Waals surface area contributed by atoms with Crippen molar-refractivity contribution in [1.82, 2.24) is 4.98 Å². The molecule has 1 heterocycles. The monoisotopic (exact) mass is 281 g/mol. The number of pyridine rings is 1. The number of nitrogens with zero attached hydrogens (tertiary/aromatic N) is 1. The molecule has 0 atom stereocenters. The first-order valence-corrected chi connectivity index (χ1v) is 5.61. The van der Waals surface area contributed by atoms with Gasteiger partial charge in [0.05, 0.1) is 0 Å². The smallest absolute Gasteiger partial charge is 0.169 e. The number of halogens is 2. The van der Waals surface area contributed by atoms with Crippen molar-refractivity contribution in [3.05, 3.63) is 41.5 Å². The van der Waals surface area contributed by atoms with Crippen LogP contribution >= 0.6 is 0 Å². The molecular formula is C12H13F2N5O. The highest BCUT2D eigenvalue weighted by Crippen LogP contribution is 2.30. The molecule has 6 nitrogen and oxygen atoms in total. The fraction of sp³-hybridized carbons (Fsp3) is 0.0833. The van der Waals surface area contributed by atoms with Gasteiger partial charge in [0.2, 0.25) is 0 Å². The zero-order valence-electron chi connectivity index (χ0n) is 10.4. The van der Waals surface area contributed by atoms with Crippen LogP contribution in [0.5, 0.6) is 5.75 Å². The van der Waals surface area contributed by atoms with E-state index in [2.05, 4.69) is 10.4 Å². The van der Waals surface area contributed by atoms with Crippen LogP contribution in [0, 0.1) is 11.6 Å². The van der Waals surface area contributed by atoms with Crippen LogP contribution in [0.15, 0.2) is 24.3 Å². The molecule has 7 N–H and O–H groups in total. The number of nitrogens with one attached hydrogen (secondary N) is 1. The largest absolute Gasteiger partial charge is 0.486 e.